The van der Waals surface area contributed by atoms with Crippen molar-refractivity contribution >= 4 is 0 Å². The summed E-state index contributed by atoms with van der Waals surface area (Å²) in [5.41, 5.74) is 0. The molecular formula is C5H12O3V. The third-order valence-electron chi connectivity index (χ3n) is 0.706. The maximum absolute atomic E-state index is 8.55. The van der Waals surface area contributed by atoms with Crippen LogP contribution in [0.2, 0.25) is 0 Å². The van der Waals surface area contributed by atoms with Crippen molar-refractivity contribution < 1.29 is 28.6 Å². The number of aliphatic hydroxyl groups excluding tert-OH is 1. The molecule has 9 heavy (non-hydrogen) atoms. The molecule has 0 bridgehead atoms. The topological polar surface area (TPSA) is 54.4 Å². The SMILES string of the molecule is CCCC(C)O.[O]=[V]=[O]. The molecule has 0 fully saturated rings. The first-order valence-electron chi connectivity index (χ1n) is 2.82. The molecule has 3 nitrogen and oxygen atoms in total. The molecule has 0 aliphatic rings. The molecule has 0 aliphatic heterocycles. The van der Waals surface area contributed by atoms with Gasteiger partial charge in [-0.25, -0.2) is 0 Å². The Morgan fingerprint density at radius 1 is 1.56 bits per heavy atom. The summed E-state index contributed by atoms with van der Waals surface area (Å²) in [5.74, 6) is 0. The third-order valence-corrected chi connectivity index (χ3v) is 0.706. The molecule has 0 aromatic rings. The van der Waals surface area contributed by atoms with E-state index in [9.17, 15) is 0 Å². The zero-order valence-electron chi connectivity index (χ0n) is 5.70. The Hall–Kier alpha value is 0.144. The van der Waals surface area contributed by atoms with Crippen LogP contribution in [-0.2, 0) is 23.5 Å². The molecule has 55 valence electrons. The van der Waals surface area contributed by atoms with Crippen LogP contribution in [0.25, 0.3) is 0 Å². The summed E-state index contributed by atoms with van der Waals surface area (Å²) in [5, 5.41) is 8.55. The van der Waals surface area contributed by atoms with Gasteiger partial charge in [-0.3, -0.25) is 0 Å². The van der Waals surface area contributed by atoms with E-state index in [2.05, 4.69) is 6.92 Å². The summed E-state index contributed by atoms with van der Waals surface area (Å²) in [6, 6.07) is 0. The molecule has 1 N–H and O–H groups in total. The minimum atomic E-state index is -1.81. The van der Waals surface area contributed by atoms with Crippen molar-refractivity contribution in [2.24, 2.45) is 0 Å². The van der Waals surface area contributed by atoms with Gasteiger partial charge in [-0.2, -0.15) is 0 Å². The zero-order valence-corrected chi connectivity index (χ0v) is 7.10. The molecule has 1 atom stereocenters. The van der Waals surface area contributed by atoms with Gasteiger partial charge in [-0.05, 0) is 13.3 Å². The molecule has 0 saturated carbocycles. The molecular weight excluding hydrogens is 159 g/mol. The van der Waals surface area contributed by atoms with Crippen LogP contribution in [0.15, 0.2) is 0 Å². The first-order chi connectivity index (χ1) is 4.18. The van der Waals surface area contributed by atoms with Crippen molar-refractivity contribution in [3.8, 4) is 0 Å². The van der Waals surface area contributed by atoms with E-state index in [1.54, 1.807) is 0 Å². The molecule has 0 aliphatic carbocycles. The average molecular weight is 171 g/mol. The van der Waals surface area contributed by atoms with E-state index < -0.39 is 16.2 Å². The molecule has 0 radical (unpaired) electrons. The molecule has 0 heterocycles. The monoisotopic (exact) mass is 171 g/mol. The van der Waals surface area contributed by atoms with E-state index >= 15 is 0 Å². The van der Waals surface area contributed by atoms with E-state index in [1.807, 2.05) is 6.92 Å². The summed E-state index contributed by atoms with van der Waals surface area (Å²) < 4.78 is 16.9. The van der Waals surface area contributed by atoms with Crippen LogP contribution in [0.5, 0.6) is 0 Å². The number of rotatable bonds is 2. The minimum absolute atomic E-state index is 0.102. The van der Waals surface area contributed by atoms with Gasteiger partial charge < -0.3 is 5.11 Å². The molecule has 0 spiro atoms. The van der Waals surface area contributed by atoms with Crippen LogP contribution < -0.4 is 0 Å². The van der Waals surface area contributed by atoms with Crippen LogP contribution >= 0.6 is 0 Å². The summed E-state index contributed by atoms with van der Waals surface area (Å²) in [6.45, 7) is 3.87. The first-order valence-corrected chi connectivity index (χ1v) is 3.96. The summed E-state index contributed by atoms with van der Waals surface area (Å²) >= 11 is -1.81. The van der Waals surface area contributed by atoms with Crippen molar-refractivity contribution in [1.29, 1.82) is 0 Å². The van der Waals surface area contributed by atoms with Crippen molar-refractivity contribution in [3.63, 3.8) is 0 Å². The molecule has 0 rings (SSSR count). The molecule has 0 aromatic heterocycles. The van der Waals surface area contributed by atoms with Gasteiger partial charge >= 0.3 is 23.5 Å². The predicted octanol–water partition coefficient (Wildman–Crippen LogP) is 0.927. The molecule has 1 unspecified atom stereocenters. The van der Waals surface area contributed by atoms with Crippen molar-refractivity contribution in [2.45, 2.75) is 32.8 Å². The van der Waals surface area contributed by atoms with Gasteiger partial charge in [0.1, 0.15) is 0 Å². The molecule has 0 saturated heterocycles. The Bertz CT molecular complexity index is 76.3. The van der Waals surface area contributed by atoms with Crippen molar-refractivity contribution in [2.75, 3.05) is 0 Å². The van der Waals surface area contributed by atoms with Gasteiger partial charge in [0.15, 0.2) is 0 Å². The fourth-order valence-electron chi connectivity index (χ4n) is 0.418. The van der Waals surface area contributed by atoms with Gasteiger partial charge in [0.05, 0.1) is 6.10 Å². The Labute approximate surface area is 62.0 Å². The first kappa shape index (κ1) is 11.9. The number of hydrogen-bond donors (Lipinski definition) is 1. The standard InChI is InChI=1S/C5H12O.2O.V/c1-3-4-5(2)6;;;/h5-6H,3-4H2,1-2H3;;;. The van der Waals surface area contributed by atoms with E-state index in [0.29, 0.717) is 0 Å². The fraction of sp³-hybridized carbons (Fsp3) is 1.00. The molecule has 0 aromatic carbocycles. The van der Waals surface area contributed by atoms with Crippen molar-refractivity contribution in [3.05, 3.63) is 0 Å². The van der Waals surface area contributed by atoms with Gasteiger partial charge in [0.25, 0.3) is 0 Å². The molecule has 0 amide bonds. The van der Waals surface area contributed by atoms with Gasteiger partial charge in [0, 0.05) is 0 Å². The quantitative estimate of drug-likeness (QED) is 0.672. The Morgan fingerprint density at radius 3 is 1.89 bits per heavy atom. The van der Waals surface area contributed by atoms with E-state index in [0.717, 1.165) is 12.8 Å². The van der Waals surface area contributed by atoms with Crippen LogP contribution in [-0.4, -0.2) is 11.2 Å². The predicted molar refractivity (Wildman–Crippen MR) is 28.0 cm³/mol. The second-order valence-electron chi connectivity index (χ2n) is 1.71. The van der Waals surface area contributed by atoms with Crippen LogP contribution in [0, 0.1) is 0 Å². The van der Waals surface area contributed by atoms with Gasteiger partial charge in [-0.15, -0.1) is 0 Å². The summed E-state index contributed by atoms with van der Waals surface area (Å²) in [4.78, 5) is 0. The maximum atomic E-state index is 8.55. The number of aliphatic hydroxyl groups is 1. The van der Waals surface area contributed by atoms with Crippen LogP contribution in [0.1, 0.15) is 26.7 Å². The van der Waals surface area contributed by atoms with E-state index in [4.69, 9.17) is 12.5 Å². The second-order valence-corrected chi connectivity index (χ2v) is 1.95. The molecule has 4 heteroatoms. The van der Waals surface area contributed by atoms with Crippen LogP contribution in [0.4, 0.5) is 0 Å². The van der Waals surface area contributed by atoms with Gasteiger partial charge in [0.2, 0.25) is 0 Å². The van der Waals surface area contributed by atoms with Crippen molar-refractivity contribution in [1.82, 2.24) is 0 Å². The number of hydrogen-bond acceptors (Lipinski definition) is 3. The Balaban J connectivity index is 0. The van der Waals surface area contributed by atoms with E-state index in [1.165, 1.54) is 0 Å². The Kier molecular flexibility index (Phi) is 14.5. The van der Waals surface area contributed by atoms with Crippen LogP contribution in [0.3, 0.4) is 0 Å². The normalized spacial score (nSPS) is 10.6. The van der Waals surface area contributed by atoms with E-state index in [-0.39, 0.29) is 6.10 Å². The Morgan fingerprint density at radius 2 is 1.89 bits per heavy atom. The zero-order chi connectivity index (χ0) is 7.70. The summed E-state index contributed by atoms with van der Waals surface area (Å²) in [6.07, 6.45) is 1.91. The third kappa shape index (κ3) is 31.1. The second kappa shape index (κ2) is 11.0. The summed E-state index contributed by atoms with van der Waals surface area (Å²) in [7, 11) is 0. The average Bonchev–Trinajstić information content (AvgIpc) is 1.67. The fourth-order valence-corrected chi connectivity index (χ4v) is 0.418. The van der Waals surface area contributed by atoms with Gasteiger partial charge in [-0.1, -0.05) is 13.3 Å².